The molecule has 1 amide bonds. The van der Waals surface area contributed by atoms with Gasteiger partial charge in [0.15, 0.2) is 0 Å². The van der Waals surface area contributed by atoms with E-state index >= 15 is 0 Å². The molecule has 7 heteroatoms. The SMILES string of the molecule is CC[C@H](C)[C@H](NC(=O)c1cc(C(=O)O)ccn1)C(=O)OC(C)(C)C. The second-order valence-corrected chi connectivity index (χ2v) is 6.61. The maximum absolute atomic E-state index is 12.3. The summed E-state index contributed by atoms with van der Waals surface area (Å²) in [5.74, 6) is -2.45. The van der Waals surface area contributed by atoms with Crippen LogP contribution in [0.1, 0.15) is 61.9 Å². The van der Waals surface area contributed by atoms with Gasteiger partial charge < -0.3 is 15.2 Å². The Morgan fingerprint density at radius 2 is 1.96 bits per heavy atom. The monoisotopic (exact) mass is 336 g/mol. The molecule has 0 unspecified atom stereocenters. The Kier molecular flexibility index (Phi) is 6.45. The summed E-state index contributed by atoms with van der Waals surface area (Å²) in [6.45, 7) is 8.97. The van der Waals surface area contributed by atoms with Crippen LogP contribution in [0, 0.1) is 5.92 Å². The summed E-state index contributed by atoms with van der Waals surface area (Å²) in [6, 6.07) is 1.62. The molecule has 0 saturated carbocycles. The first-order valence-electron chi connectivity index (χ1n) is 7.78. The van der Waals surface area contributed by atoms with Crippen molar-refractivity contribution in [2.75, 3.05) is 0 Å². The molecule has 7 nitrogen and oxygen atoms in total. The number of rotatable bonds is 6. The van der Waals surface area contributed by atoms with Gasteiger partial charge in [-0.2, -0.15) is 0 Å². The van der Waals surface area contributed by atoms with E-state index in [4.69, 9.17) is 9.84 Å². The number of amides is 1. The molecule has 2 N–H and O–H groups in total. The van der Waals surface area contributed by atoms with Crippen LogP contribution in [0.5, 0.6) is 0 Å². The van der Waals surface area contributed by atoms with Crippen molar-refractivity contribution in [3.8, 4) is 0 Å². The van der Waals surface area contributed by atoms with Gasteiger partial charge in [-0.25, -0.2) is 9.59 Å². The first-order valence-corrected chi connectivity index (χ1v) is 7.78. The van der Waals surface area contributed by atoms with Crippen LogP contribution in [0.4, 0.5) is 0 Å². The second kappa shape index (κ2) is 7.90. The molecule has 2 atom stereocenters. The number of nitrogens with zero attached hydrogens (tertiary/aromatic N) is 1. The van der Waals surface area contributed by atoms with E-state index in [1.54, 1.807) is 20.8 Å². The van der Waals surface area contributed by atoms with Crippen molar-refractivity contribution in [3.63, 3.8) is 0 Å². The molecule has 24 heavy (non-hydrogen) atoms. The fourth-order valence-corrected chi connectivity index (χ4v) is 1.94. The molecule has 0 aromatic carbocycles. The van der Waals surface area contributed by atoms with Crippen molar-refractivity contribution in [2.24, 2.45) is 5.92 Å². The van der Waals surface area contributed by atoms with Crippen molar-refractivity contribution in [1.82, 2.24) is 10.3 Å². The zero-order valence-electron chi connectivity index (χ0n) is 14.6. The molecule has 0 saturated heterocycles. The fraction of sp³-hybridized carbons (Fsp3) is 0.529. The van der Waals surface area contributed by atoms with Crippen molar-refractivity contribution in [1.29, 1.82) is 0 Å². The third-order valence-electron chi connectivity index (χ3n) is 3.40. The third-order valence-corrected chi connectivity index (χ3v) is 3.40. The second-order valence-electron chi connectivity index (χ2n) is 6.61. The minimum atomic E-state index is -1.16. The van der Waals surface area contributed by atoms with Crippen LogP contribution in [0.2, 0.25) is 0 Å². The number of carboxylic acid groups (broad SMARTS) is 1. The molecular formula is C17H24N2O5. The highest BCUT2D eigenvalue weighted by molar-refractivity contribution is 5.97. The Morgan fingerprint density at radius 1 is 1.33 bits per heavy atom. The van der Waals surface area contributed by atoms with Gasteiger partial charge in [0.1, 0.15) is 17.3 Å². The first-order chi connectivity index (χ1) is 11.0. The Labute approximate surface area is 141 Å². The van der Waals surface area contributed by atoms with Crippen molar-refractivity contribution >= 4 is 17.8 Å². The Morgan fingerprint density at radius 3 is 2.46 bits per heavy atom. The van der Waals surface area contributed by atoms with Crippen LogP contribution >= 0.6 is 0 Å². The molecule has 0 fully saturated rings. The summed E-state index contributed by atoms with van der Waals surface area (Å²) < 4.78 is 5.35. The van der Waals surface area contributed by atoms with Crippen molar-refractivity contribution in [2.45, 2.75) is 52.7 Å². The molecule has 0 aliphatic carbocycles. The number of esters is 1. The maximum Gasteiger partial charge on any atom is 0.335 e. The van der Waals surface area contributed by atoms with Crippen molar-refractivity contribution in [3.05, 3.63) is 29.6 Å². The number of ether oxygens (including phenoxy) is 1. The van der Waals surface area contributed by atoms with Gasteiger partial charge in [0.05, 0.1) is 5.56 Å². The molecule has 0 spiro atoms. The lowest BCUT2D eigenvalue weighted by atomic mass is 9.98. The zero-order valence-corrected chi connectivity index (χ0v) is 14.6. The number of hydrogen-bond acceptors (Lipinski definition) is 5. The number of carbonyl (C=O) groups excluding carboxylic acids is 2. The Bertz CT molecular complexity index is 622. The van der Waals surface area contributed by atoms with Crippen molar-refractivity contribution < 1.29 is 24.2 Å². The normalized spacial score (nSPS) is 13.7. The predicted molar refractivity (Wildman–Crippen MR) is 87.8 cm³/mol. The topological polar surface area (TPSA) is 106 Å². The summed E-state index contributed by atoms with van der Waals surface area (Å²) in [5.41, 5.74) is -0.783. The van der Waals surface area contributed by atoms with Crippen LogP contribution in [-0.2, 0) is 9.53 Å². The lowest BCUT2D eigenvalue weighted by Gasteiger charge is -2.27. The first kappa shape index (κ1) is 19.6. The van der Waals surface area contributed by atoms with E-state index in [-0.39, 0.29) is 17.2 Å². The number of carbonyl (C=O) groups is 3. The maximum atomic E-state index is 12.3. The molecule has 0 radical (unpaired) electrons. The lowest BCUT2D eigenvalue weighted by Crippen LogP contribution is -2.48. The molecular weight excluding hydrogens is 312 g/mol. The number of aromatic nitrogens is 1. The van der Waals surface area contributed by atoms with Gasteiger partial charge >= 0.3 is 11.9 Å². The van der Waals surface area contributed by atoms with E-state index < -0.39 is 29.5 Å². The van der Waals surface area contributed by atoms with Gasteiger partial charge in [0.2, 0.25) is 0 Å². The van der Waals surface area contributed by atoms with Crippen LogP contribution in [0.25, 0.3) is 0 Å². The average molecular weight is 336 g/mol. The smallest absolute Gasteiger partial charge is 0.335 e. The number of hydrogen-bond donors (Lipinski definition) is 2. The number of nitrogens with one attached hydrogen (secondary N) is 1. The van der Waals surface area contributed by atoms with Gasteiger partial charge in [-0.15, -0.1) is 0 Å². The van der Waals surface area contributed by atoms with E-state index in [1.807, 2.05) is 13.8 Å². The summed E-state index contributed by atoms with van der Waals surface area (Å²) in [5, 5.41) is 11.6. The van der Waals surface area contributed by atoms with E-state index in [0.717, 1.165) is 0 Å². The highest BCUT2D eigenvalue weighted by atomic mass is 16.6. The predicted octanol–water partition coefficient (Wildman–Crippen LogP) is 2.27. The van der Waals surface area contributed by atoms with Crippen LogP contribution in [0.15, 0.2) is 18.3 Å². The molecule has 0 bridgehead atoms. The van der Waals surface area contributed by atoms with Crippen LogP contribution in [0.3, 0.4) is 0 Å². The summed E-state index contributed by atoms with van der Waals surface area (Å²) >= 11 is 0. The third kappa shape index (κ3) is 5.64. The standard InChI is InChI=1S/C17H24N2O5/c1-6-10(2)13(16(23)24-17(3,4)5)19-14(20)12-9-11(15(21)22)7-8-18-12/h7-10,13H,6H2,1-5H3,(H,19,20)(H,21,22)/t10-,13-/m0/s1. The van der Waals surface area contributed by atoms with E-state index in [2.05, 4.69) is 10.3 Å². The largest absolute Gasteiger partial charge is 0.478 e. The molecule has 1 aromatic heterocycles. The zero-order chi connectivity index (χ0) is 18.5. The molecule has 1 rings (SSSR count). The number of pyridine rings is 1. The summed E-state index contributed by atoms with van der Waals surface area (Å²) in [7, 11) is 0. The molecule has 132 valence electrons. The van der Waals surface area contributed by atoms with Gasteiger partial charge in [-0.3, -0.25) is 9.78 Å². The minimum absolute atomic E-state index is 0.0486. The van der Waals surface area contributed by atoms with Crippen LogP contribution < -0.4 is 5.32 Å². The van der Waals surface area contributed by atoms with E-state index in [0.29, 0.717) is 6.42 Å². The van der Waals surface area contributed by atoms with Gasteiger partial charge in [-0.05, 0) is 38.8 Å². The average Bonchev–Trinajstić information content (AvgIpc) is 2.49. The molecule has 0 aliphatic rings. The number of aromatic carboxylic acids is 1. The molecule has 0 aliphatic heterocycles. The lowest BCUT2D eigenvalue weighted by molar-refractivity contribution is -0.158. The molecule has 1 aromatic rings. The number of carboxylic acids is 1. The van der Waals surface area contributed by atoms with E-state index in [9.17, 15) is 14.4 Å². The van der Waals surface area contributed by atoms with Crippen LogP contribution in [-0.4, -0.2) is 39.6 Å². The Hall–Kier alpha value is -2.44. The quantitative estimate of drug-likeness (QED) is 0.772. The van der Waals surface area contributed by atoms with Gasteiger partial charge in [0, 0.05) is 6.20 Å². The Balaban J connectivity index is 2.98. The highest BCUT2D eigenvalue weighted by Gasteiger charge is 2.31. The fourth-order valence-electron chi connectivity index (χ4n) is 1.94. The summed E-state index contributed by atoms with van der Waals surface area (Å²) in [4.78, 5) is 39.5. The van der Waals surface area contributed by atoms with Gasteiger partial charge in [0.25, 0.3) is 5.91 Å². The summed E-state index contributed by atoms with van der Waals surface area (Å²) in [6.07, 6.45) is 1.90. The van der Waals surface area contributed by atoms with E-state index in [1.165, 1.54) is 18.3 Å². The molecule has 1 heterocycles. The highest BCUT2D eigenvalue weighted by Crippen LogP contribution is 2.15. The minimum Gasteiger partial charge on any atom is -0.478 e. The van der Waals surface area contributed by atoms with Gasteiger partial charge in [-0.1, -0.05) is 20.3 Å².